The Balaban J connectivity index is 1.47. The fourth-order valence-electron chi connectivity index (χ4n) is 2.77. The minimum atomic E-state index is 0.385. The van der Waals surface area contributed by atoms with Crippen molar-refractivity contribution in [2.45, 2.75) is 19.9 Å². The summed E-state index contributed by atoms with van der Waals surface area (Å²) in [6.07, 6.45) is 4.24. The lowest BCUT2D eigenvalue weighted by Gasteiger charge is -2.27. The highest BCUT2D eigenvalue weighted by molar-refractivity contribution is 5.52. The van der Waals surface area contributed by atoms with Crippen LogP contribution in [0.3, 0.4) is 0 Å². The van der Waals surface area contributed by atoms with Crippen molar-refractivity contribution in [2.75, 3.05) is 36.5 Å². The number of hydrogen-bond acceptors (Lipinski definition) is 9. The van der Waals surface area contributed by atoms with E-state index in [-0.39, 0.29) is 0 Å². The molecule has 9 nitrogen and oxygen atoms in total. The number of aryl methyl sites for hydroxylation is 1. The maximum absolute atomic E-state index is 5.41. The summed E-state index contributed by atoms with van der Waals surface area (Å²) in [5.74, 6) is 2.47. The van der Waals surface area contributed by atoms with E-state index in [1.165, 1.54) is 0 Å². The van der Waals surface area contributed by atoms with Crippen LogP contribution in [0.1, 0.15) is 18.5 Å². The average molecular weight is 367 g/mol. The van der Waals surface area contributed by atoms with E-state index in [4.69, 9.17) is 9.26 Å². The van der Waals surface area contributed by atoms with Gasteiger partial charge in [0.2, 0.25) is 17.7 Å². The van der Waals surface area contributed by atoms with E-state index < -0.39 is 0 Å². The molecule has 0 aromatic carbocycles. The zero-order valence-electron chi connectivity index (χ0n) is 15.1. The quantitative estimate of drug-likeness (QED) is 0.700. The van der Waals surface area contributed by atoms with Crippen LogP contribution < -0.4 is 10.2 Å². The van der Waals surface area contributed by atoms with E-state index in [0.29, 0.717) is 31.5 Å². The average Bonchev–Trinajstić information content (AvgIpc) is 3.22. The van der Waals surface area contributed by atoms with Crippen LogP contribution in [0, 0.1) is 0 Å². The second kappa shape index (κ2) is 8.09. The summed E-state index contributed by atoms with van der Waals surface area (Å²) in [6.45, 7) is 5.45. The van der Waals surface area contributed by atoms with Gasteiger partial charge in [-0.25, -0.2) is 4.98 Å². The van der Waals surface area contributed by atoms with Crippen molar-refractivity contribution in [3.63, 3.8) is 0 Å². The van der Waals surface area contributed by atoms with Crippen molar-refractivity contribution in [2.24, 2.45) is 0 Å². The van der Waals surface area contributed by atoms with Gasteiger partial charge in [0.05, 0.1) is 19.8 Å². The summed E-state index contributed by atoms with van der Waals surface area (Å²) in [4.78, 5) is 19.9. The smallest absolute Gasteiger partial charge is 0.246 e. The van der Waals surface area contributed by atoms with Gasteiger partial charge in [-0.1, -0.05) is 12.1 Å². The van der Waals surface area contributed by atoms with Crippen molar-refractivity contribution in [3.05, 3.63) is 42.2 Å². The largest absolute Gasteiger partial charge is 0.378 e. The molecule has 3 aromatic rings. The van der Waals surface area contributed by atoms with Gasteiger partial charge in [-0.05, 0) is 18.6 Å². The molecule has 1 fully saturated rings. The zero-order chi connectivity index (χ0) is 18.5. The summed E-state index contributed by atoms with van der Waals surface area (Å²) in [5, 5.41) is 7.26. The molecule has 9 heteroatoms. The first kappa shape index (κ1) is 17.3. The zero-order valence-corrected chi connectivity index (χ0v) is 15.1. The number of hydrogen-bond donors (Lipinski definition) is 1. The van der Waals surface area contributed by atoms with Crippen molar-refractivity contribution >= 4 is 11.8 Å². The Morgan fingerprint density at radius 2 is 2.07 bits per heavy atom. The number of ether oxygens (including phenoxy) is 1. The van der Waals surface area contributed by atoms with Gasteiger partial charge < -0.3 is 19.5 Å². The molecule has 1 saturated heterocycles. The Kier molecular flexibility index (Phi) is 5.20. The van der Waals surface area contributed by atoms with Crippen molar-refractivity contribution in [3.8, 4) is 11.4 Å². The highest BCUT2D eigenvalue weighted by Gasteiger charge is 2.16. The molecule has 3 aromatic heterocycles. The van der Waals surface area contributed by atoms with E-state index in [0.717, 1.165) is 42.5 Å². The highest BCUT2D eigenvalue weighted by atomic mass is 16.5. The van der Waals surface area contributed by atoms with E-state index in [9.17, 15) is 0 Å². The third-order valence-corrected chi connectivity index (χ3v) is 4.23. The number of nitrogens with one attached hydrogen (secondary N) is 1. The van der Waals surface area contributed by atoms with E-state index in [1.807, 2.05) is 18.2 Å². The Morgan fingerprint density at radius 1 is 1.19 bits per heavy atom. The lowest BCUT2D eigenvalue weighted by atomic mass is 10.3. The van der Waals surface area contributed by atoms with Crippen molar-refractivity contribution < 1.29 is 9.26 Å². The molecule has 1 aliphatic heterocycles. The topological polar surface area (TPSA) is 102 Å². The number of aromatic nitrogens is 5. The summed E-state index contributed by atoms with van der Waals surface area (Å²) in [6, 6.07) is 5.67. The Morgan fingerprint density at radius 3 is 2.85 bits per heavy atom. The van der Waals surface area contributed by atoms with E-state index in [1.54, 1.807) is 12.4 Å². The molecule has 1 N–H and O–H groups in total. The molecule has 27 heavy (non-hydrogen) atoms. The number of rotatable bonds is 6. The van der Waals surface area contributed by atoms with Crippen LogP contribution >= 0.6 is 0 Å². The predicted octanol–water partition coefficient (Wildman–Crippen LogP) is 1.93. The fraction of sp³-hybridized carbons (Fsp3) is 0.389. The first-order valence-electron chi connectivity index (χ1n) is 8.99. The third kappa shape index (κ3) is 4.20. The molecular formula is C18H21N7O2. The maximum Gasteiger partial charge on any atom is 0.246 e. The SMILES string of the molecule is CCc1cc(NCc2nc(-c3cccnc3)no2)nc(N2CCOCC2)n1. The van der Waals surface area contributed by atoms with E-state index in [2.05, 4.69) is 42.2 Å². The third-order valence-electron chi connectivity index (χ3n) is 4.23. The molecular weight excluding hydrogens is 346 g/mol. The lowest BCUT2D eigenvalue weighted by Crippen LogP contribution is -2.37. The molecule has 0 saturated carbocycles. The van der Waals surface area contributed by atoms with Gasteiger partial charge in [0, 0.05) is 42.8 Å². The molecule has 0 radical (unpaired) electrons. The second-order valence-corrected chi connectivity index (χ2v) is 6.10. The summed E-state index contributed by atoms with van der Waals surface area (Å²) < 4.78 is 10.7. The molecule has 0 bridgehead atoms. The number of pyridine rings is 1. The van der Waals surface area contributed by atoms with Crippen LogP contribution in [0.2, 0.25) is 0 Å². The summed E-state index contributed by atoms with van der Waals surface area (Å²) >= 11 is 0. The fourth-order valence-corrected chi connectivity index (χ4v) is 2.77. The predicted molar refractivity (Wildman–Crippen MR) is 99.3 cm³/mol. The monoisotopic (exact) mass is 367 g/mol. The van der Waals surface area contributed by atoms with Gasteiger partial charge in [0.25, 0.3) is 0 Å². The van der Waals surface area contributed by atoms with E-state index >= 15 is 0 Å². The number of anilines is 2. The molecule has 4 heterocycles. The molecule has 140 valence electrons. The molecule has 4 rings (SSSR count). The minimum Gasteiger partial charge on any atom is -0.378 e. The molecule has 0 atom stereocenters. The van der Waals surface area contributed by atoms with Gasteiger partial charge in [0.15, 0.2) is 0 Å². The van der Waals surface area contributed by atoms with Crippen LogP contribution in [-0.2, 0) is 17.7 Å². The van der Waals surface area contributed by atoms with Crippen LogP contribution in [0.15, 0.2) is 35.1 Å². The van der Waals surface area contributed by atoms with Gasteiger partial charge in [0.1, 0.15) is 5.82 Å². The number of nitrogens with zero attached hydrogens (tertiary/aromatic N) is 6. The van der Waals surface area contributed by atoms with Crippen LogP contribution in [-0.4, -0.2) is 51.4 Å². The van der Waals surface area contributed by atoms with Gasteiger partial charge in [-0.15, -0.1) is 0 Å². The first-order chi connectivity index (χ1) is 13.3. The summed E-state index contributed by atoms with van der Waals surface area (Å²) in [5.41, 5.74) is 1.80. The molecule has 0 spiro atoms. The van der Waals surface area contributed by atoms with Gasteiger partial charge >= 0.3 is 0 Å². The van der Waals surface area contributed by atoms with Crippen LogP contribution in [0.4, 0.5) is 11.8 Å². The molecule has 1 aliphatic rings. The Hall–Kier alpha value is -3.07. The second-order valence-electron chi connectivity index (χ2n) is 6.10. The van der Waals surface area contributed by atoms with Crippen molar-refractivity contribution in [1.82, 2.24) is 25.1 Å². The summed E-state index contributed by atoms with van der Waals surface area (Å²) in [7, 11) is 0. The van der Waals surface area contributed by atoms with Crippen molar-refractivity contribution in [1.29, 1.82) is 0 Å². The number of morpholine rings is 1. The van der Waals surface area contributed by atoms with Gasteiger partial charge in [-0.2, -0.15) is 9.97 Å². The standard InChI is InChI=1S/C18H21N7O2/c1-2-14-10-15(22-18(21-14)25-6-8-26-9-7-25)20-12-16-23-17(24-27-16)13-4-3-5-19-11-13/h3-5,10-11H,2,6-9,12H2,1H3,(H,20,21,22). The molecule has 0 aliphatic carbocycles. The minimum absolute atomic E-state index is 0.385. The normalized spacial score (nSPS) is 14.3. The molecule has 0 unspecified atom stereocenters. The maximum atomic E-state index is 5.41. The first-order valence-corrected chi connectivity index (χ1v) is 8.99. The lowest BCUT2D eigenvalue weighted by molar-refractivity contribution is 0.122. The van der Waals surface area contributed by atoms with Crippen LogP contribution in [0.5, 0.6) is 0 Å². The highest BCUT2D eigenvalue weighted by Crippen LogP contribution is 2.18. The van der Waals surface area contributed by atoms with Gasteiger partial charge in [-0.3, -0.25) is 4.98 Å². The molecule has 0 amide bonds. The Labute approximate surface area is 156 Å². The van der Waals surface area contributed by atoms with Crippen LogP contribution in [0.25, 0.3) is 11.4 Å². The Bertz CT molecular complexity index is 878.